The van der Waals surface area contributed by atoms with Crippen molar-refractivity contribution in [1.82, 2.24) is 9.97 Å². The van der Waals surface area contributed by atoms with Crippen LogP contribution in [0.25, 0.3) is 11.0 Å². The summed E-state index contributed by atoms with van der Waals surface area (Å²) in [5.74, 6) is 0.306. The summed E-state index contributed by atoms with van der Waals surface area (Å²) in [6.07, 6.45) is 0. The molecule has 0 spiro atoms. The predicted molar refractivity (Wildman–Crippen MR) is 116 cm³/mol. The van der Waals surface area contributed by atoms with Crippen molar-refractivity contribution in [2.75, 3.05) is 24.3 Å². The molecule has 0 aliphatic heterocycles. The van der Waals surface area contributed by atoms with E-state index in [1.807, 2.05) is 39.0 Å². The molecule has 0 unspecified atom stereocenters. The van der Waals surface area contributed by atoms with Crippen LogP contribution in [0.5, 0.6) is 5.75 Å². The number of ether oxygens (including phenoxy) is 2. The van der Waals surface area contributed by atoms with Gasteiger partial charge >= 0.3 is 5.97 Å². The Morgan fingerprint density at radius 1 is 1.24 bits per heavy atom. The van der Waals surface area contributed by atoms with Crippen LogP contribution in [0.15, 0.2) is 23.4 Å². The third-order valence-corrected chi connectivity index (χ3v) is 6.20. The molecule has 154 valence electrons. The molecule has 1 amide bonds. The van der Waals surface area contributed by atoms with Crippen LogP contribution in [-0.4, -0.2) is 40.8 Å². The molecule has 2 aromatic heterocycles. The molecule has 0 radical (unpaired) electrons. The van der Waals surface area contributed by atoms with E-state index in [2.05, 4.69) is 15.3 Å². The van der Waals surface area contributed by atoms with Gasteiger partial charge in [-0.3, -0.25) is 4.79 Å². The quantitative estimate of drug-likeness (QED) is 0.400. The van der Waals surface area contributed by atoms with E-state index >= 15 is 0 Å². The molecule has 29 heavy (non-hydrogen) atoms. The van der Waals surface area contributed by atoms with Crippen molar-refractivity contribution < 1.29 is 19.1 Å². The van der Waals surface area contributed by atoms with Crippen LogP contribution in [0.1, 0.15) is 34.6 Å². The number of aromatic nitrogens is 2. The van der Waals surface area contributed by atoms with Gasteiger partial charge in [-0.2, -0.15) is 0 Å². The Labute approximate surface area is 177 Å². The maximum atomic E-state index is 12.5. The van der Waals surface area contributed by atoms with Crippen molar-refractivity contribution in [2.45, 2.75) is 32.9 Å². The monoisotopic (exact) mass is 433 g/mol. The molecule has 7 nitrogen and oxygen atoms in total. The van der Waals surface area contributed by atoms with E-state index in [-0.39, 0.29) is 18.3 Å². The smallest absolute Gasteiger partial charge is 0.341 e. The van der Waals surface area contributed by atoms with Gasteiger partial charge in [-0.05, 0) is 45.4 Å². The molecule has 3 rings (SSSR count). The lowest BCUT2D eigenvalue weighted by molar-refractivity contribution is -0.113. The number of fused-ring (bicyclic) bond motifs is 1. The van der Waals surface area contributed by atoms with E-state index < -0.39 is 5.97 Å². The van der Waals surface area contributed by atoms with Crippen LogP contribution >= 0.6 is 23.1 Å². The molecule has 9 heteroatoms. The normalized spacial score (nSPS) is 10.9. The third-order valence-electron chi connectivity index (χ3n) is 4.20. The molecular weight excluding hydrogens is 410 g/mol. The molecule has 0 fully saturated rings. The molecule has 0 aliphatic carbocycles. The van der Waals surface area contributed by atoms with Crippen LogP contribution in [0.2, 0.25) is 0 Å². The van der Waals surface area contributed by atoms with Crippen molar-refractivity contribution in [1.29, 1.82) is 0 Å². The van der Waals surface area contributed by atoms with Crippen molar-refractivity contribution in [3.63, 3.8) is 0 Å². The molecule has 0 bridgehead atoms. The van der Waals surface area contributed by atoms with Gasteiger partial charge in [-0.25, -0.2) is 9.78 Å². The van der Waals surface area contributed by atoms with Crippen molar-refractivity contribution in [3.05, 3.63) is 34.2 Å². The van der Waals surface area contributed by atoms with E-state index in [9.17, 15) is 9.59 Å². The van der Waals surface area contributed by atoms with E-state index in [4.69, 9.17) is 9.47 Å². The summed E-state index contributed by atoms with van der Waals surface area (Å²) in [5.41, 5.74) is 2.93. The van der Waals surface area contributed by atoms with Gasteiger partial charge in [0.05, 0.1) is 35.6 Å². The molecule has 3 aromatic rings. The summed E-state index contributed by atoms with van der Waals surface area (Å²) >= 11 is 2.67. The van der Waals surface area contributed by atoms with Crippen LogP contribution in [0, 0.1) is 13.8 Å². The number of anilines is 1. The van der Waals surface area contributed by atoms with Gasteiger partial charge < -0.3 is 19.8 Å². The second-order valence-corrected chi connectivity index (χ2v) is 8.39. The zero-order valence-corrected chi connectivity index (χ0v) is 18.4. The van der Waals surface area contributed by atoms with Crippen LogP contribution in [0.3, 0.4) is 0 Å². The topological polar surface area (TPSA) is 93.3 Å². The van der Waals surface area contributed by atoms with Gasteiger partial charge in [0.25, 0.3) is 0 Å². The van der Waals surface area contributed by atoms with Crippen LogP contribution < -0.4 is 10.1 Å². The first-order valence-electron chi connectivity index (χ1n) is 9.25. The predicted octanol–water partition coefficient (Wildman–Crippen LogP) is 4.55. The molecule has 1 aromatic carbocycles. The zero-order valence-electron chi connectivity index (χ0n) is 16.8. The molecule has 2 heterocycles. The second kappa shape index (κ2) is 9.32. The Bertz CT molecular complexity index is 1040. The number of nitrogens with zero attached hydrogens (tertiary/aromatic N) is 1. The number of hydrogen-bond donors (Lipinski definition) is 2. The number of thiophene rings is 1. The fourth-order valence-corrected chi connectivity index (χ4v) is 4.50. The van der Waals surface area contributed by atoms with E-state index in [1.165, 1.54) is 23.1 Å². The van der Waals surface area contributed by atoms with E-state index in [0.717, 1.165) is 27.2 Å². The van der Waals surface area contributed by atoms with Gasteiger partial charge in [0.2, 0.25) is 5.91 Å². The number of rotatable bonds is 8. The number of carbonyl (C=O) groups excluding carboxylic acids is 2. The largest absolute Gasteiger partial charge is 0.494 e. The number of esters is 1. The average Bonchev–Trinajstić information content (AvgIpc) is 3.20. The fraction of sp³-hybridized carbons (Fsp3) is 0.350. The lowest BCUT2D eigenvalue weighted by atomic mass is 10.1. The minimum Gasteiger partial charge on any atom is -0.494 e. The number of H-pyrrole nitrogens is 1. The highest BCUT2D eigenvalue weighted by Crippen LogP contribution is 2.33. The molecule has 2 N–H and O–H groups in total. The van der Waals surface area contributed by atoms with Crippen molar-refractivity contribution in [3.8, 4) is 5.75 Å². The minimum atomic E-state index is -0.417. The average molecular weight is 434 g/mol. The Balaban J connectivity index is 1.67. The Hall–Kier alpha value is -2.52. The number of thioether (sulfide) groups is 1. The maximum absolute atomic E-state index is 12.5. The number of benzene rings is 1. The first-order chi connectivity index (χ1) is 13.9. The van der Waals surface area contributed by atoms with Crippen molar-refractivity contribution in [2.24, 2.45) is 0 Å². The lowest BCUT2D eigenvalue weighted by Crippen LogP contribution is -2.16. The number of aryl methyl sites for hydroxylation is 1. The Kier molecular flexibility index (Phi) is 6.81. The number of hydrogen-bond acceptors (Lipinski definition) is 7. The summed E-state index contributed by atoms with van der Waals surface area (Å²) in [6.45, 7) is 8.34. The van der Waals surface area contributed by atoms with E-state index in [0.29, 0.717) is 22.3 Å². The summed E-state index contributed by atoms with van der Waals surface area (Å²) < 4.78 is 10.6. The molecule has 0 saturated heterocycles. The highest BCUT2D eigenvalue weighted by Gasteiger charge is 2.22. The number of imidazole rings is 1. The van der Waals surface area contributed by atoms with Crippen LogP contribution in [-0.2, 0) is 9.53 Å². The van der Waals surface area contributed by atoms with Gasteiger partial charge in [-0.15, -0.1) is 11.3 Å². The molecule has 0 atom stereocenters. The number of nitrogens with one attached hydrogen (secondary N) is 2. The number of aromatic amines is 1. The summed E-state index contributed by atoms with van der Waals surface area (Å²) in [6, 6.07) is 5.63. The number of carbonyl (C=O) groups is 2. The SMILES string of the molecule is CCOC(=O)c1c(NC(=O)CSc2nc3ccc(OCC)cc3[nH]2)sc(C)c1C. The van der Waals surface area contributed by atoms with Crippen molar-refractivity contribution >= 4 is 51.0 Å². The molecular formula is C20H23N3O4S2. The lowest BCUT2D eigenvalue weighted by Gasteiger charge is -2.06. The molecule has 0 saturated carbocycles. The second-order valence-electron chi connectivity index (χ2n) is 6.20. The fourth-order valence-electron chi connectivity index (χ4n) is 2.75. The summed E-state index contributed by atoms with van der Waals surface area (Å²) in [7, 11) is 0. The first kappa shape index (κ1) is 21.2. The Morgan fingerprint density at radius 2 is 2.03 bits per heavy atom. The Morgan fingerprint density at radius 3 is 2.76 bits per heavy atom. The zero-order chi connectivity index (χ0) is 21.0. The molecule has 0 aliphatic rings. The van der Waals surface area contributed by atoms with Gasteiger partial charge in [-0.1, -0.05) is 11.8 Å². The van der Waals surface area contributed by atoms with E-state index in [1.54, 1.807) is 6.92 Å². The highest BCUT2D eigenvalue weighted by molar-refractivity contribution is 7.99. The maximum Gasteiger partial charge on any atom is 0.341 e. The van der Waals surface area contributed by atoms with Gasteiger partial charge in [0, 0.05) is 10.9 Å². The standard InChI is InChI=1S/C20H23N3O4S2/c1-5-26-13-7-8-14-15(9-13)22-20(21-14)28-10-16(24)23-18-17(19(25)27-6-2)11(3)12(4)29-18/h7-9H,5-6,10H2,1-4H3,(H,21,22)(H,23,24). The number of amides is 1. The summed E-state index contributed by atoms with van der Waals surface area (Å²) in [4.78, 5) is 33.3. The summed E-state index contributed by atoms with van der Waals surface area (Å²) in [5, 5.41) is 4.01. The first-order valence-corrected chi connectivity index (χ1v) is 11.1. The van der Waals surface area contributed by atoms with Gasteiger partial charge in [0.15, 0.2) is 5.16 Å². The van der Waals surface area contributed by atoms with Gasteiger partial charge in [0.1, 0.15) is 10.8 Å². The third kappa shape index (κ3) is 4.91. The van der Waals surface area contributed by atoms with Crippen LogP contribution in [0.4, 0.5) is 5.00 Å². The minimum absolute atomic E-state index is 0.163. The highest BCUT2D eigenvalue weighted by atomic mass is 32.2.